The molecule has 1 aromatic heterocycles. The van der Waals surface area contributed by atoms with Gasteiger partial charge < -0.3 is 10.1 Å². The summed E-state index contributed by atoms with van der Waals surface area (Å²) in [5.41, 5.74) is 3.52. The van der Waals surface area contributed by atoms with Crippen LogP contribution in [0.1, 0.15) is 37.8 Å². The van der Waals surface area contributed by atoms with Gasteiger partial charge in [0.05, 0.1) is 5.69 Å². The maximum absolute atomic E-state index is 11.8. The van der Waals surface area contributed by atoms with Crippen LogP contribution in [0, 0.1) is 5.92 Å². The van der Waals surface area contributed by atoms with E-state index >= 15 is 0 Å². The van der Waals surface area contributed by atoms with E-state index in [-0.39, 0.29) is 6.09 Å². The zero-order valence-corrected chi connectivity index (χ0v) is 16.8. The number of benzene rings is 1. The summed E-state index contributed by atoms with van der Waals surface area (Å²) in [7, 11) is 2.05. The standard InChI is InChI=1S/C22H30N4O2/c1-3-10-23-22(27)28-15-18-12-17-9-11-26(18)14-19(17)21-13-20(24-25(21)2)16-7-5-4-6-8-16/h4-8,13,17-19H,3,9-12,14-15H2,1-2H3,(H,23,27)/t17-,18+,19-/m0/s1. The zero-order chi connectivity index (χ0) is 19.5. The predicted octanol–water partition coefficient (Wildman–Crippen LogP) is 3.40. The van der Waals surface area contributed by atoms with Crippen LogP contribution in [0.2, 0.25) is 0 Å². The van der Waals surface area contributed by atoms with Crippen molar-refractivity contribution in [3.05, 3.63) is 42.1 Å². The number of hydrogen-bond donors (Lipinski definition) is 1. The number of nitrogens with one attached hydrogen (secondary N) is 1. The van der Waals surface area contributed by atoms with Crippen molar-refractivity contribution in [2.24, 2.45) is 13.0 Å². The SMILES string of the molecule is CCCNC(=O)OC[C@H]1C[C@@H]2CCN1C[C@@H]2c1cc(-c2ccccc2)nn1C. The molecule has 6 nitrogen and oxygen atoms in total. The number of aromatic nitrogens is 2. The van der Waals surface area contributed by atoms with E-state index in [0.29, 0.717) is 31.0 Å². The Bertz CT molecular complexity index is 804. The molecular formula is C22H30N4O2. The first kappa shape index (κ1) is 19.0. The molecule has 5 rings (SSSR count). The molecule has 6 heteroatoms. The lowest BCUT2D eigenvalue weighted by Crippen LogP contribution is -2.54. The summed E-state index contributed by atoms with van der Waals surface area (Å²) in [6.07, 6.45) is 2.91. The normalized spacial score (nSPS) is 26.2. The maximum Gasteiger partial charge on any atom is 0.407 e. The predicted molar refractivity (Wildman–Crippen MR) is 109 cm³/mol. The van der Waals surface area contributed by atoms with E-state index in [9.17, 15) is 4.79 Å². The van der Waals surface area contributed by atoms with E-state index in [0.717, 1.165) is 37.2 Å². The van der Waals surface area contributed by atoms with Crippen molar-refractivity contribution in [3.63, 3.8) is 0 Å². The number of aryl methyl sites for hydroxylation is 1. The average molecular weight is 383 g/mol. The summed E-state index contributed by atoms with van der Waals surface area (Å²) < 4.78 is 7.51. The molecule has 1 N–H and O–H groups in total. The summed E-state index contributed by atoms with van der Waals surface area (Å²) in [6.45, 7) is 5.30. The second-order valence-corrected chi connectivity index (χ2v) is 8.01. The molecule has 3 aliphatic heterocycles. The highest BCUT2D eigenvalue weighted by Crippen LogP contribution is 2.42. The summed E-state index contributed by atoms with van der Waals surface area (Å²) in [6, 6.07) is 13.0. The van der Waals surface area contributed by atoms with Crippen molar-refractivity contribution in [2.75, 3.05) is 26.2 Å². The molecule has 2 aromatic rings. The zero-order valence-electron chi connectivity index (χ0n) is 16.8. The lowest BCUT2D eigenvalue weighted by atomic mass is 9.74. The third-order valence-corrected chi connectivity index (χ3v) is 6.17. The molecule has 0 radical (unpaired) electrons. The third kappa shape index (κ3) is 3.92. The molecule has 2 bridgehead atoms. The average Bonchev–Trinajstić information content (AvgIpc) is 3.13. The first-order valence-electron chi connectivity index (χ1n) is 10.4. The summed E-state index contributed by atoms with van der Waals surface area (Å²) in [5.74, 6) is 1.12. The van der Waals surface area contributed by atoms with Crippen LogP contribution in [0.5, 0.6) is 0 Å². The second-order valence-electron chi connectivity index (χ2n) is 8.01. The molecule has 4 heterocycles. The highest BCUT2D eigenvalue weighted by atomic mass is 16.5. The van der Waals surface area contributed by atoms with Crippen molar-refractivity contribution >= 4 is 6.09 Å². The van der Waals surface area contributed by atoms with Gasteiger partial charge in [-0.3, -0.25) is 9.58 Å². The van der Waals surface area contributed by atoms with Gasteiger partial charge in [-0.2, -0.15) is 5.10 Å². The second kappa shape index (κ2) is 8.35. The van der Waals surface area contributed by atoms with Gasteiger partial charge in [0.2, 0.25) is 0 Å². The van der Waals surface area contributed by atoms with Crippen LogP contribution in [0.4, 0.5) is 4.79 Å². The van der Waals surface area contributed by atoms with Gasteiger partial charge in [-0.15, -0.1) is 0 Å². The van der Waals surface area contributed by atoms with Gasteiger partial charge in [-0.1, -0.05) is 37.3 Å². The van der Waals surface area contributed by atoms with Gasteiger partial charge in [0.1, 0.15) is 6.61 Å². The van der Waals surface area contributed by atoms with Crippen LogP contribution >= 0.6 is 0 Å². The van der Waals surface area contributed by atoms with Crippen LogP contribution in [-0.4, -0.2) is 53.1 Å². The van der Waals surface area contributed by atoms with Crippen LogP contribution in [0.15, 0.2) is 36.4 Å². The Morgan fingerprint density at radius 3 is 2.86 bits per heavy atom. The first-order valence-corrected chi connectivity index (χ1v) is 10.4. The molecule has 4 atom stereocenters. The van der Waals surface area contributed by atoms with Crippen LogP contribution in [0.25, 0.3) is 11.3 Å². The Hall–Kier alpha value is -2.34. The van der Waals surface area contributed by atoms with Crippen LogP contribution in [-0.2, 0) is 11.8 Å². The Labute approximate surface area is 166 Å². The minimum absolute atomic E-state index is 0.291. The van der Waals surface area contributed by atoms with E-state index in [4.69, 9.17) is 9.84 Å². The van der Waals surface area contributed by atoms with E-state index in [1.54, 1.807) is 0 Å². The summed E-state index contributed by atoms with van der Waals surface area (Å²) in [5, 5.41) is 7.55. The minimum Gasteiger partial charge on any atom is -0.448 e. The summed E-state index contributed by atoms with van der Waals surface area (Å²) >= 11 is 0. The topological polar surface area (TPSA) is 59.4 Å². The third-order valence-electron chi connectivity index (χ3n) is 6.17. The number of ether oxygens (including phenoxy) is 1. The number of carbonyl (C=O) groups excluding carboxylic acids is 1. The van der Waals surface area contributed by atoms with E-state index < -0.39 is 0 Å². The molecule has 1 aromatic carbocycles. The largest absolute Gasteiger partial charge is 0.448 e. The molecule has 1 amide bonds. The van der Waals surface area contributed by atoms with Crippen LogP contribution in [0.3, 0.4) is 0 Å². The molecule has 150 valence electrons. The van der Waals surface area contributed by atoms with Crippen molar-refractivity contribution in [3.8, 4) is 11.3 Å². The monoisotopic (exact) mass is 382 g/mol. The van der Waals surface area contributed by atoms with Gasteiger partial charge in [0.15, 0.2) is 0 Å². The Morgan fingerprint density at radius 1 is 1.32 bits per heavy atom. The highest BCUT2D eigenvalue weighted by Gasteiger charge is 2.42. The molecule has 0 spiro atoms. The van der Waals surface area contributed by atoms with Gasteiger partial charge in [0.25, 0.3) is 0 Å². The highest BCUT2D eigenvalue weighted by molar-refractivity contribution is 5.67. The number of amides is 1. The molecule has 3 saturated heterocycles. The van der Waals surface area contributed by atoms with E-state index in [1.807, 2.05) is 13.0 Å². The number of carbonyl (C=O) groups is 1. The van der Waals surface area contributed by atoms with Crippen molar-refractivity contribution in [2.45, 2.75) is 38.1 Å². The van der Waals surface area contributed by atoms with Crippen molar-refractivity contribution < 1.29 is 9.53 Å². The molecule has 0 saturated carbocycles. The molecule has 3 aliphatic rings. The Morgan fingerprint density at radius 2 is 2.14 bits per heavy atom. The van der Waals surface area contributed by atoms with Gasteiger partial charge in [-0.05, 0) is 37.8 Å². The summed E-state index contributed by atoms with van der Waals surface area (Å²) in [4.78, 5) is 14.2. The van der Waals surface area contributed by atoms with Gasteiger partial charge in [0, 0.05) is 43.4 Å². The number of hydrogen-bond acceptors (Lipinski definition) is 4. The number of piperidine rings is 3. The Balaban J connectivity index is 1.41. The number of rotatable bonds is 6. The van der Waals surface area contributed by atoms with Gasteiger partial charge >= 0.3 is 6.09 Å². The van der Waals surface area contributed by atoms with Crippen molar-refractivity contribution in [1.82, 2.24) is 20.0 Å². The fraction of sp³-hybridized carbons (Fsp3) is 0.545. The lowest BCUT2D eigenvalue weighted by Gasteiger charge is -2.49. The molecular weight excluding hydrogens is 352 g/mol. The maximum atomic E-state index is 11.8. The number of alkyl carbamates (subject to hydrolysis) is 1. The Kier molecular flexibility index (Phi) is 5.67. The smallest absolute Gasteiger partial charge is 0.407 e. The fourth-order valence-corrected chi connectivity index (χ4v) is 4.68. The van der Waals surface area contributed by atoms with Crippen molar-refractivity contribution in [1.29, 1.82) is 0 Å². The number of nitrogens with zero attached hydrogens (tertiary/aromatic N) is 3. The van der Waals surface area contributed by atoms with Gasteiger partial charge in [-0.25, -0.2) is 4.79 Å². The molecule has 0 aliphatic carbocycles. The number of fused-ring (bicyclic) bond motifs is 3. The quantitative estimate of drug-likeness (QED) is 0.832. The van der Waals surface area contributed by atoms with Crippen LogP contribution < -0.4 is 5.32 Å². The van der Waals surface area contributed by atoms with E-state index in [2.05, 4.69) is 52.3 Å². The fourth-order valence-electron chi connectivity index (χ4n) is 4.68. The minimum atomic E-state index is -0.291. The first-order chi connectivity index (χ1) is 13.7. The van der Waals surface area contributed by atoms with E-state index in [1.165, 1.54) is 12.1 Å². The molecule has 3 fully saturated rings. The lowest BCUT2D eigenvalue weighted by molar-refractivity contribution is -0.00414. The molecule has 28 heavy (non-hydrogen) atoms. The molecule has 1 unspecified atom stereocenters.